The Morgan fingerprint density at radius 3 is 2.69 bits per heavy atom. The predicted octanol–water partition coefficient (Wildman–Crippen LogP) is 2.89. The fourth-order valence-electron chi connectivity index (χ4n) is 2.51. The predicted molar refractivity (Wildman–Crippen MR) is 71.8 cm³/mol. The SMILES string of the molecule is CCCNCCCCCN1CCC(CC)C1. The maximum atomic E-state index is 3.47. The summed E-state index contributed by atoms with van der Waals surface area (Å²) in [7, 11) is 0. The van der Waals surface area contributed by atoms with E-state index in [1.807, 2.05) is 0 Å². The topological polar surface area (TPSA) is 15.3 Å². The van der Waals surface area contributed by atoms with E-state index >= 15 is 0 Å². The first-order chi connectivity index (χ1) is 7.86. The van der Waals surface area contributed by atoms with Crippen molar-refractivity contribution in [2.45, 2.75) is 52.4 Å². The molecule has 16 heavy (non-hydrogen) atoms. The monoisotopic (exact) mass is 226 g/mol. The fourth-order valence-corrected chi connectivity index (χ4v) is 2.51. The summed E-state index contributed by atoms with van der Waals surface area (Å²) in [6.45, 7) is 11.0. The Bertz CT molecular complexity index is 159. The van der Waals surface area contributed by atoms with Gasteiger partial charge in [-0.25, -0.2) is 0 Å². The van der Waals surface area contributed by atoms with Gasteiger partial charge in [-0.05, 0) is 57.8 Å². The van der Waals surface area contributed by atoms with Crippen molar-refractivity contribution in [1.29, 1.82) is 0 Å². The average molecular weight is 226 g/mol. The molecule has 1 saturated heterocycles. The lowest BCUT2D eigenvalue weighted by Crippen LogP contribution is -2.22. The van der Waals surface area contributed by atoms with Crippen LogP contribution in [-0.4, -0.2) is 37.6 Å². The molecule has 1 N–H and O–H groups in total. The largest absolute Gasteiger partial charge is 0.317 e. The molecule has 2 nitrogen and oxygen atoms in total. The van der Waals surface area contributed by atoms with E-state index in [4.69, 9.17) is 0 Å². The molecule has 0 spiro atoms. The molecule has 0 aromatic heterocycles. The maximum Gasteiger partial charge on any atom is 0.00100 e. The third-order valence-electron chi connectivity index (χ3n) is 3.70. The molecule has 1 aliphatic rings. The van der Waals surface area contributed by atoms with Gasteiger partial charge < -0.3 is 10.2 Å². The van der Waals surface area contributed by atoms with Gasteiger partial charge in [0.05, 0.1) is 0 Å². The Balaban J connectivity index is 1.84. The highest BCUT2D eigenvalue weighted by Gasteiger charge is 2.19. The van der Waals surface area contributed by atoms with Crippen LogP contribution >= 0.6 is 0 Å². The van der Waals surface area contributed by atoms with Crippen molar-refractivity contribution in [3.05, 3.63) is 0 Å². The molecule has 0 bridgehead atoms. The fraction of sp³-hybridized carbons (Fsp3) is 1.00. The first-order valence-corrected chi connectivity index (χ1v) is 7.29. The van der Waals surface area contributed by atoms with Crippen LogP contribution in [0.3, 0.4) is 0 Å². The quantitative estimate of drug-likeness (QED) is 0.608. The number of nitrogens with one attached hydrogen (secondary N) is 1. The number of hydrogen-bond acceptors (Lipinski definition) is 2. The first-order valence-electron chi connectivity index (χ1n) is 7.29. The highest BCUT2D eigenvalue weighted by molar-refractivity contribution is 4.74. The molecular formula is C14H30N2. The molecule has 1 atom stereocenters. The Morgan fingerprint density at radius 2 is 2.00 bits per heavy atom. The average Bonchev–Trinajstić information content (AvgIpc) is 2.76. The lowest BCUT2D eigenvalue weighted by Gasteiger charge is -2.15. The minimum atomic E-state index is 0.992. The zero-order valence-electron chi connectivity index (χ0n) is 11.3. The zero-order valence-corrected chi connectivity index (χ0v) is 11.3. The molecule has 0 aromatic carbocycles. The lowest BCUT2D eigenvalue weighted by molar-refractivity contribution is 0.313. The van der Waals surface area contributed by atoms with E-state index in [0.29, 0.717) is 0 Å². The summed E-state index contributed by atoms with van der Waals surface area (Å²) < 4.78 is 0. The third-order valence-corrected chi connectivity index (χ3v) is 3.70. The molecular weight excluding hydrogens is 196 g/mol. The van der Waals surface area contributed by atoms with E-state index < -0.39 is 0 Å². The van der Waals surface area contributed by atoms with Crippen molar-refractivity contribution in [3.63, 3.8) is 0 Å². The summed E-state index contributed by atoms with van der Waals surface area (Å²) in [5, 5.41) is 3.47. The molecule has 0 aliphatic carbocycles. The lowest BCUT2D eigenvalue weighted by atomic mass is 10.1. The zero-order chi connectivity index (χ0) is 11.6. The van der Waals surface area contributed by atoms with E-state index in [9.17, 15) is 0 Å². The van der Waals surface area contributed by atoms with Crippen LogP contribution in [0.15, 0.2) is 0 Å². The summed E-state index contributed by atoms with van der Waals surface area (Å²) in [4.78, 5) is 2.66. The maximum absolute atomic E-state index is 3.47. The Labute approximate surface area is 102 Å². The second-order valence-electron chi connectivity index (χ2n) is 5.17. The summed E-state index contributed by atoms with van der Waals surface area (Å²) in [6, 6.07) is 0. The van der Waals surface area contributed by atoms with Gasteiger partial charge in [-0.3, -0.25) is 0 Å². The third kappa shape index (κ3) is 5.86. The highest BCUT2D eigenvalue weighted by Crippen LogP contribution is 2.19. The van der Waals surface area contributed by atoms with Gasteiger partial charge in [-0.2, -0.15) is 0 Å². The van der Waals surface area contributed by atoms with Crippen molar-refractivity contribution in [3.8, 4) is 0 Å². The summed E-state index contributed by atoms with van der Waals surface area (Å²) >= 11 is 0. The van der Waals surface area contributed by atoms with Crippen LogP contribution in [0.4, 0.5) is 0 Å². The van der Waals surface area contributed by atoms with Gasteiger partial charge in [0.1, 0.15) is 0 Å². The van der Waals surface area contributed by atoms with Crippen LogP contribution in [0.2, 0.25) is 0 Å². The molecule has 96 valence electrons. The molecule has 1 heterocycles. The second-order valence-corrected chi connectivity index (χ2v) is 5.17. The first kappa shape index (κ1) is 14.0. The van der Waals surface area contributed by atoms with Crippen LogP contribution in [0.5, 0.6) is 0 Å². The van der Waals surface area contributed by atoms with Crippen LogP contribution in [0.25, 0.3) is 0 Å². The van der Waals surface area contributed by atoms with Crippen LogP contribution in [0.1, 0.15) is 52.4 Å². The van der Waals surface area contributed by atoms with Gasteiger partial charge in [0.15, 0.2) is 0 Å². The van der Waals surface area contributed by atoms with Gasteiger partial charge in [0.25, 0.3) is 0 Å². The molecule has 1 fully saturated rings. The van der Waals surface area contributed by atoms with Gasteiger partial charge >= 0.3 is 0 Å². The molecule has 1 rings (SSSR count). The molecule has 2 heteroatoms. The summed E-state index contributed by atoms with van der Waals surface area (Å²) in [5.41, 5.74) is 0. The van der Waals surface area contributed by atoms with E-state index in [0.717, 1.165) is 5.92 Å². The Morgan fingerprint density at radius 1 is 1.12 bits per heavy atom. The molecule has 1 unspecified atom stereocenters. The minimum absolute atomic E-state index is 0.992. The van der Waals surface area contributed by atoms with Crippen molar-refractivity contribution in [2.75, 3.05) is 32.7 Å². The normalized spacial score (nSPS) is 21.8. The minimum Gasteiger partial charge on any atom is -0.317 e. The van der Waals surface area contributed by atoms with E-state index in [2.05, 4.69) is 24.1 Å². The Kier molecular flexibility index (Phi) is 7.87. The van der Waals surface area contributed by atoms with Crippen LogP contribution in [-0.2, 0) is 0 Å². The van der Waals surface area contributed by atoms with Crippen LogP contribution < -0.4 is 5.32 Å². The molecule has 0 saturated carbocycles. The Hall–Kier alpha value is -0.0800. The number of rotatable bonds is 9. The number of hydrogen-bond donors (Lipinski definition) is 1. The van der Waals surface area contributed by atoms with E-state index in [1.165, 1.54) is 71.2 Å². The molecule has 0 amide bonds. The van der Waals surface area contributed by atoms with Crippen molar-refractivity contribution in [2.24, 2.45) is 5.92 Å². The molecule has 0 aromatic rings. The van der Waals surface area contributed by atoms with Crippen molar-refractivity contribution >= 4 is 0 Å². The smallest absolute Gasteiger partial charge is 0.00100 e. The molecule has 0 radical (unpaired) electrons. The van der Waals surface area contributed by atoms with E-state index in [1.54, 1.807) is 0 Å². The molecule has 1 aliphatic heterocycles. The summed E-state index contributed by atoms with van der Waals surface area (Å²) in [5.74, 6) is 0.992. The van der Waals surface area contributed by atoms with Gasteiger partial charge in [0.2, 0.25) is 0 Å². The second kappa shape index (κ2) is 9.00. The van der Waals surface area contributed by atoms with Gasteiger partial charge in [-0.15, -0.1) is 0 Å². The highest BCUT2D eigenvalue weighted by atomic mass is 15.1. The standard InChI is InChI=1S/C14H30N2/c1-3-9-15-10-6-5-7-11-16-12-8-14(4-2)13-16/h14-15H,3-13H2,1-2H3. The van der Waals surface area contributed by atoms with Crippen molar-refractivity contribution in [1.82, 2.24) is 10.2 Å². The van der Waals surface area contributed by atoms with Crippen LogP contribution in [0, 0.1) is 5.92 Å². The van der Waals surface area contributed by atoms with E-state index in [-0.39, 0.29) is 0 Å². The number of unbranched alkanes of at least 4 members (excludes halogenated alkanes) is 2. The van der Waals surface area contributed by atoms with Gasteiger partial charge in [-0.1, -0.05) is 26.7 Å². The van der Waals surface area contributed by atoms with Crippen molar-refractivity contribution < 1.29 is 0 Å². The summed E-state index contributed by atoms with van der Waals surface area (Å²) in [6.07, 6.45) is 8.21. The number of likely N-dealkylation sites (tertiary alicyclic amines) is 1. The number of nitrogens with zero attached hydrogens (tertiary/aromatic N) is 1. The van der Waals surface area contributed by atoms with Gasteiger partial charge in [0, 0.05) is 6.54 Å².